The van der Waals surface area contributed by atoms with E-state index in [0.717, 1.165) is 6.42 Å². The molecule has 3 N–H and O–H groups in total. The van der Waals surface area contributed by atoms with Crippen molar-refractivity contribution in [1.29, 1.82) is 0 Å². The molecule has 5 heteroatoms. The van der Waals surface area contributed by atoms with E-state index in [1.807, 2.05) is 0 Å². The Labute approximate surface area is 99.0 Å². The molecular weight excluding hydrogens is 224 g/mol. The van der Waals surface area contributed by atoms with Gasteiger partial charge in [-0.05, 0) is 31.2 Å². The van der Waals surface area contributed by atoms with E-state index in [0.29, 0.717) is 31.3 Å². The summed E-state index contributed by atoms with van der Waals surface area (Å²) in [7, 11) is -3.10. The Morgan fingerprint density at radius 3 is 2.62 bits per heavy atom. The van der Waals surface area contributed by atoms with E-state index in [1.165, 1.54) is 19.3 Å². The molecule has 1 aliphatic carbocycles. The fourth-order valence-corrected chi connectivity index (χ4v) is 3.43. The second-order valence-corrected chi connectivity index (χ2v) is 6.76. The molecule has 1 rings (SSSR count). The van der Waals surface area contributed by atoms with Crippen molar-refractivity contribution < 1.29 is 8.42 Å². The molecule has 0 heterocycles. The highest BCUT2D eigenvalue weighted by molar-refractivity contribution is 7.89. The van der Waals surface area contributed by atoms with Crippen molar-refractivity contribution in [3.05, 3.63) is 0 Å². The fraction of sp³-hybridized carbons (Fsp3) is 1.00. The van der Waals surface area contributed by atoms with Gasteiger partial charge in [-0.2, -0.15) is 0 Å². The molecule has 1 aliphatic rings. The molecule has 0 saturated heterocycles. The van der Waals surface area contributed by atoms with Gasteiger partial charge in [-0.15, -0.1) is 0 Å². The number of nitrogens with two attached hydrogens (primary N) is 1. The lowest BCUT2D eigenvalue weighted by molar-refractivity contribution is 0.257. The Morgan fingerprint density at radius 2 is 2.00 bits per heavy atom. The van der Waals surface area contributed by atoms with Gasteiger partial charge >= 0.3 is 0 Å². The predicted molar refractivity (Wildman–Crippen MR) is 66.6 cm³/mol. The van der Waals surface area contributed by atoms with E-state index in [9.17, 15) is 8.42 Å². The maximum absolute atomic E-state index is 11.6. The number of rotatable bonds is 6. The van der Waals surface area contributed by atoms with Crippen molar-refractivity contribution in [2.45, 2.75) is 39.0 Å². The van der Waals surface area contributed by atoms with E-state index in [1.54, 1.807) is 0 Å². The van der Waals surface area contributed by atoms with Gasteiger partial charge in [0, 0.05) is 6.54 Å². The van der Waals surface area contributed by atoms with E-state index < -0.39 is 10.0 Å². The van der Waals surface area contributed by atoms with E-state index >= 15 is 0 Å². The molecule has 1 saturated carbocycles. The summed E-state index contributed by atoms with van der Waals surface area (Å²) < 4.78 is 25.9. The molecule has 2 atom stereocenters. The van der Waals surface area contributed by atoms with E-state index in [-0.39, 0.29) is 5.75 Å². The topological polar surface area (TPSA) is 72.2 Å². The lowest BCUT2D eigenvalue weighted by Crippen LogP contribution is -2.35. The van der Waals surface area contributed by atoms with Crippen molar-refractivity contribution in [1.82, 2.24) is 4.72 Å². The smallest absolute Gasteiger partial charge is 0.211 e. The first-order valence-corrected chi connectivity index (χ1v) is 7.88. The van der Waals surface area contributed by atoms with Crippen LogP contribution in [0.25, 0.3) is 0 Å². The zero-order chi connectivity index (χ0) is 12.0. The summed E-state index contributed by atoms with van der Waals surface area (Å²) >= 11 is 0. The molecule has 0 aromatic carbocycles. The van der Waals surface area contributed by atoms with Crippen LogP contribution in [0, 0.1) is 11.8 Å². The van der Waals surface area contributed by atoms with E-state index in [2.05, 4.69) is 11.6 Å². The van der Waals surface area contributed by atoms with Crippen molar-refractivity contribution >= 4 is 10.0 Å². The van der Waals surface area contributed by atoms with Gasteiger partial charge < -0.3 is 5.73 Å². The summed E-state index contributed by atoms with van der Waals surface area (Å²) in [5, 5.41) is 0. The molecule has 0 spiro atoms. The molecule has 2 unspecified atom stereocenters. The normalized spacial score (nSPS) is 26.9. The zero-order valence-electron chi connectivity index (χ0n) is 10.1. The Morgan fingerprint density at radius 1 is 1.31 bits per heavy atom. The van der Waals surface area contributed by atoms with Crippen LogP contribution in [-0.4, -0.2) is 27.3 Å². The highest BCUT2D eigenvalue weighted by Gasteiger charge is 2.22. The molecule has 0 aromatic rings. The molecule has 0 aromatic heterocycles. The van der Waals surface area contributed by atoms with Crippen LogP contribution in [0.15, 0.2) is 0 Å². The minimum atomic E-state index is -3.10. The second kappa shape index (κ2) is 6.57. The number of hydrogen-bond donors (Lipinski definition) is 2. The Balaban J connectivity index is 2.32. The maximum Gasteiger partial charge on any atom is 0.211 e. The SMILES string of the molecule is CC1CCCCC1CNS(=O)(=O)CCCN. The average molecular weight is 248 g/mol. The maximum atomic E-state index is 11.6. The van der Waals surface area contributed by atoms with Gasteiger partial charge in [-0.3, -0.25) is 0 Å². The summed E-state index contributed by atoms with van der Waals surface area (Å²) in [6.07, 6.45) is 5.45. The number of hydrogen-bond acceptors (Lipinski definition) is 3. The molecule has 0 amide bonds. The van der Waals surface area contributed by atoms with Gasteiger partial charge in [0.05, 0.1) is 5.75 Å². The lowest BCUT2D eigenvalue weighted by atomic mass is 9.81. The zero-order valence-corrected chi connectivity index (χ0v) is 10.9. The summed E-state index contributed by atoms with van der Waals surface area (Å²) in [4.78, 5) is 0. The lowest BCUT2D eigenvalue weighted by Gasteiger charge is -2.28. The summed E-state index contributed by atoms with van der Waals surface area (Å²) in [6.45, 7) is 3.26. The van der Waals surface area contributed by atoms with Crippen LogP contribution in [0.2, 0.25) is 0 Å². The Hall–Kier alpha value is -0.130. The van der Waals surface area contributed by atoms with Crippen molar-refractivity contribution in [3.63, 3.8) is 0 Å². The third-order valence-corrected chi connectivity index (χ3v) is 4.90. The van der Waals surface area contributed by atoms with Gasteiger partial charge in [0.15, 0.2) is 0 Å². The van der Waals surface area contributed by atoms with E-state index in [4.69, 9.17) is 5.73 Å². The monoisotopic (exact) mass is 248 g/mol. The first-order chi connectivity index (χ1) is 7.55. The molecule has 1 fully saturated rings. The van der Waals surface area contributed by atoms with Gasteiger partial charge in [-0.1, -0.05) is 26.2 Å². The largest absolute Gasteiger partial charge is 0.330 e. The van der Waals surface area contributed by atoms with Crippen LogP contribution >= 0.6 is 0 Å². The first kappa shape index (κ1) is 13.9. The second-order valence-electron chi connectivity index (χ2n) is 4.83. The molecule has 4 nitrogen and oxygen atoms in total. The highest BCUT2D eigenvalue weighted by atomic mass is 32.2. The average Bonchev–Trinajstić information content (AvgIpc) is 2.26. The standard InChI is InChI=1S/C11H24N2O2S/c1-10-5-2-3-6-11(10)9-13-16(14,15)8-4-7-12/h10-11,13H,2-9,12H2,1H3. The third kappa shape index (κ3) is 4.80. The van der Waals surface area contributed by atoms with Gasteiger partial charge in [0.25, 0.3) is 0 Å². The number of sulfonamides is 1. The molecular formula is C11H24N2O2S. The van der Waals surface area contributed by atoms with Crippen LogP contribution in [0.3, 0.4) is 0 Å². The van der Waals surface area contributed by atoms with Crippen LogP contribution in [0.5, 0.6) is 0 Å². The number of nitrogens with one attached hydrogen (secondary N) is 1. The first-order valence-electron chi connectivity index (χ1n) is 6.22. The van der Waals surface area contributed by atoms with Gasteiger partial charge in [-0.25, -0.2) is 13.1 Å². The van der Waals surface area contributed by atoms with Crippen LogP contribution in [0.4, 0.5) is 0 Å². The molecule has 0 radical (unpaired) electrons. The summed E-state index contributed by atoms with van der Waals surface area (Å²) in [5.41, 5.74) is 5.30. The van der Waals surface area contributed by atoms with Crippen molar-refractivity contribution in [2.75, 3.05) is 18.8 Å². The van der Waals surface area contributed by atoms with Crippen molar-refractivity contribution in [2.24, 2.45) is 17.6 Å². The molecule has 96 valence electrons. The molecule has 0 bridgehead atoms. The van der Waals surface area contributed by atoms with Crippen LogP contribution in [0.1, 0.15) is 39.0 Å². The summed E-state index contributed by atoms with van der Waals surface area (Å²) in [5.74, 6) is 1.32. The van der Waals surface area contributed by atoms with Crippen LogP contribution < -0.4 is 10.5 Å². The molecule has 16 heavy (non-hydrogen) atoms. The predicted octanol–water partition coefficient (Wildman–Crippen LogP) is 1.08. The quantitative estimate of drug-likeness (QED) is 0.739. The minimum Gasteiger partial charge on any atom is -0.330 e. The summed E-state index contributed by atoms with van der Waals surface area (Å²) in [6, 6.07) is 0. The molecule has 0 aliphatic heterocycles. The highest BCUT2D eigenvalue weighted by Crippen LogP contribution is 2.28. The fourth-order valence-electron chi connectivity index (χ4n) is 2.28. The van der Waals surface area contributed by atoms with Crippen molar-refractivity contribution in [3.8, 4) is 0 Å². The Kier molecular flexibility index (Phi) is 5.72. The van der Waals surface area contributed by atoms with Crippen LogP contribution in [-0.2, 0) is 10.0 Å². The minimum absolute atomic E-state index is 0.157. The third-order valence-electron chi connectivity index (χ3n) is 3.47. The van der Waals surface area contributed by atoms with Gasteiger partial charge in [0.1, 0.15) is 0 Å². The Bertz CT molecular complexity index is 290. The van der Waals surface area contributed by atoms with Gasteiger partial charge in [0.2, 0.25) is 10.0 Å².